The lowest BCUT2D eigenvalue weighted by atomic mass is 9.80. The summed E-state index contributed by atoms with van der Waals surface area (Å²) in [5.41, 5.74) is -1.76. The van der Waals surface area contributed by atoms with Gasteiger partial charge in [-0.3, -0.25) is 4.79 Å². The van der Waals surface area contributed by atoms with Gasteiger partial charge in [0.15, 0.2) is 6.29 Å². The molecule has 2 saturated heterocycles. The van der Waals surface area contributed by atoms with Crippen LogP contribution in [0, 0.1) is 23.7 Å². The molecule has 2 aromatic carbocycles. The van der Waals surface area contributed by atoms with Crippen LogP contribution in [0.4, 0.5) is 0 Å². The number of hydrogen-bond acceptors (Lipinski definition) is 11. The maximum absolute atomic E-state index is 14.0. The second kappa shape index (κ2) is 17.7. The Bertz CT molecular complexity index is 1620. The summed E-state index contributed by atoms with van der Waals surface area (Å²) < 4.78 is 48.1. The third-order valence-corrected chi connectivity index (χ3v) is 13.9. The molecule has 14 atom stereocenters. The number of carbonyl (C=O) groups is 1. The minimum atomic E-state index is -4.04. The van der Waals surface area contributed by atoms with Gasteiger partial charge in [-0.05, 0) is 88.2 Å². The molecule has 53 heavy (non-hydrogen) atoms. The molecular formula is C40H64N2O10S. The van der Waals surface area contributed by atoms with Gasteiger partial charge in [-0.1, -0.05) is 65.0 Å². The van der Waals surface area contributed by atoms with Crippen LogP contribution in [0.2, 0.25) is 0 Å². The van der Waals surface area contributed by atoms with Gasteiger partial charge in [-0.25, -0.2) is 8.42 Å². The molecule has 4 N–H and O–H groups in total. The lowest BCUT2D eigenvalue weighted by Crippen LogP contribution is -2.59. The molecule has 2 aliphatic rings. The van der Waals surface area contributed by atoms with E-state index in [0.717, 1.165) is 10.8 Å². The summed E-state index contributed by atoms with van der Waals surface area (Å²) in [5, 5.41) is 48.1. The normalized spacial score (nSPS) is 39.0. The van der Waals surface area contributed by atoms with E-state index in [2.05, 4.69) is 6.92 Å². The van der Waals surface area contributed by atoms with Crippen molar-refractivity contribution in [1.29, 1.82) is 0 Å². The Balaban J connectivity index is 1.66. The molecule has 0 radical (unpaired) electrons. The Kier molecular flexibility index (Phi) is 14.6. The van der Waals surface area contributed by atoms with Crippen molar-refractivity contribution in [2.24, 2.45) is 23.7 Å². The molecule has 2 aliphatic heterocycles. The highest BCUT2D eigenvalue weighted by Gasteiger charge is 2.48. The Morgan fingerprint density at radius 2 is 1.60 bits per heavy atom. The highest BCUT2D eigenvalue weighted by atomic mass is 32.2. The fourth-order valence-electron chi connectivity index (χ4n) is 8.33. The zero-order chi connectivity index (χ0) is 39.6. The smallest absolute Gasteiger partial charge is 0.311 e. The molecule has 0 aliphatic carbocycles. The molecule has 4 rings (SSSR count). The number of hydrogen-bond donors (Lipinski definition) is 4. The summed E-state index contributed by atoms with van der Waals surface area (Å²) in [6.45, 7) is 14.9. The van der Waals surface area contributed by atoms with Crippen molar-refractivity contribution in [2.45, 2.75) is 147 Å². The average molecular weight is 765 g/mol. The predicted molar refractivity (Wildman–Crippen MR) is 203 cm³/mol. The Labute approximate surface area is 316 Å². The first-order valence-electron chi connectivity index (χ1n) is 19.2. The Morgan fingerprint density at radius 1 is 0.962 bits per heavy atom. The highest BCUT2D eigenvalue weighted by molar-refractivity contribution is 7.89. The second-order valence-corrected chi connectivity index (χ2v) is 18.1. The van der Waals surface area contributed by atoms with Gasteiger partial charge >= 0.3 is 5.97 Å². The number of nitrogens with zero attached hydrogens (tertiary/aromatic N) is 2. The van der Waals surface area contributed by atoms with Crippen LogP contribution in [0.15, 0.2) is 47.4 Å². The maximum Gasteiger partial charge on any atom is 0.311 e. The molecule has 300 valence electrons. The van der Waals surface area contributed by atoms with Crippen LogP contribution in [0.3, 0.4) is 0 Å². The summed E-state index contributed by atoms with van der Waals surface area (Å²) in [5.74, 6) is -2.57. The number of cyclic esters (lactones) is 1. The summed E-state index contributed by atoms with van der Waals surface area (Å²) in [6.07, 6.45) is -5.62. The highest BCUT2D eigenvalue weighted by Crippen LogP contribution is 2.36. The SMILES string of the molecule is CC[C@@H]1C[C@H](N(C)S(=O)(=O)c2ccc3ccccc3c2)[C@@H](O)[C@H](O[C@@H]2[C@@H](C)[C@H](O)[C@@H](C)C(=O)O[C@H](CC)[C@@](C)(O)[C@H](O)[C@@H](C)N(C)C[C@H](C)C[C@@H]2C)O1. The van der Waals surface area contributed by atoms with E-state index in [4.69, 9.17) is 14.2 Å². The number of ether oxygens (including phenoxy) is 3. The first-order chi connectivity index (χ1) is 24.8. The molecule has 2 heterocycles. The number of carbonyl (C=O) groups excluding carboxylic acids is 1. The van der Waals surface area contributed by atoms with Gasteiger partial charge in [0, 0.05) is 25.6 Å². The number of benzene rings is 2. The summed E-state index contributed by atoms with van der Waals surface area (Å²) in [4.78, 5) is 15.6. The zero-order valence-corrected chi connectivity index (χ0v) is 33.9. The largest absolute Gasteiger partial charge is 0.459 e. The van der Waals surface area contributed by atoms with E-state index in [-0.39, 0.29) is 29.6 Å². The maximum atomic E-state index is 14.0. The molecule has 0 saturated carbocycles. The van der Waals surface area contributed by atoms with Gasteiger partial charge in [-0.15, -0.1) is 0 Å². The van der Waals surface area contributed by atoms with E-state index >= 15 is 0 Å². The molecule has 2 aromatic rings. The van der Waals surface area contributed by atoms with Crippen molar-refractivity contribution < 1.29 is 47.8 Å². The fourth-order valence-corrected chi connectivity index (χ4v) is 9.75. The molecule has 12 nitrogen and oxygen atoms in total. The lowest BCUT2D eigenvalue weighted by molar-refractivity contribution is -0.283. The number of aliphatic hydroxyl groups is 4. The average Bonchev–Trinajstić information content (AvgIpc) is 3.13. The van der Waals surface area contributed by atoms with Crippen LogP contribution in [0.5, 0.6) is 0 Å². The zero-order valence-electron chi connectivity index (χ0n) is 33.1. The topological polar surface area (TPSA) is 166 Å². The third kappa shape index (κ3) is 9.44. The van der Waals surface area contributed by atoms with Crippen LogP contribution >= 0.6 is 0 Å². The molecule has 0 aromatic heterocycles. The van der Waals surface area contributed by atoms with Crippen LogP contribution in [-0.2, 0) is 29.0 Å². The van der Waals surface area contributed by atoms with E-state index in [1.165, 1.54) is 18.3 Å². The number of rotatable bonds is 7. The minimum absolute atomic E-state index is 0.0685. The van der Waals surface area contributed by atoms with Gasteiger partial charge in [0.05, 0.1) is 35.2 Å². The van der Waals surface area contributed by atoms with Crippen molar-refractivity contribution in [2.75, 3.05) is 20.6 Å². The Hall–Kier alpha value is -2.20. The lowest BCUT2D eigenvalue weighted by Gasteiger charge is -2.45. The third-order valence-electron chi connectivity index (χ3n) is 12.0. The number of aliphatic hydroxyl groups excluding tert-OH is 3. The summed E-state index contributed by atoms with van der Waals surface area (Å²) >= 11 is 0. The van der Waals surface area contributed by atoms with E-state index < -0.39 is 88.4 Å². The molecular weight excluding hydrogens is 701 g/mol. The van der Waals surface area contributed by atoms with Gasteiger partial charge in [0.1, 0.15) is 23.9 Å². The van der Waals surface area contributed by atoms with Crippen LogP contribution < -0.4 is 0 Å². The van der Waals surface area contributed by atoms with Gasteiger partial charge in [0.2, 0.25) is 10.0 Å². The van der Waals surface area contributed by atoms with Crippen molar-refractivity contribution in [3.8, 4) is 0 Å². The van der Waals surface area contributed by atoms with Crippen molar-refractivity contribution >= 4 is 26.8 Å². The molecule has 0 amide bonds. The van der Waals surface area contributed by atoms with Crippen molar-refractivity contribution in [3.63, 3.8) is 0 Å². The van der Waals surface area contributed by atoms with Gasteiger partial charge in [0.25, 0.3) is 0 Å². The number of esters is 1. The van der Waals surface area contributed by atoms with E-state index in [0.29, 0.717) is 19.4 Å². The second-order valence-electron chi connectivity index (χ2n) is 16.1. The van der Waals surface area contributed by atoms with Crippen molar-refractivity contribution in [3.05, 3.63) is 42.5 Å². The van der Waals surface area contributed by atoms with Crippen LogP contribution in [0.1, 0.15) is 81.1 Å². The van der Waals surface area contributed by atoms with Crippen LogP contribution in [-0.4, -0.2) is 125 Å². The summed E-state index contributed by atoms with van der Waals surface area (Å²) in [6, 6.07) is 11.1. The molecule has 13 heteroatoms. The predicted octanol–water partition coefficient (Wildman–Crippen LogP) is 4.16. The monoisotopic (exact) mass is 764 g/mol. The summed E-state index contributed by atoms with van der Waals surface area (Å²) in [7, 11) is -0.694. The minimum Gasteiger partial charge on any atom is -0.459 e. The molecule has 0 bridgehead atoms. The van der Waals surface area contributed by atoms with E-state index in [9.17, 15) is 33.6 Å². The van der Waals surface area contributed by atoms with E-state index in [1.807, 2.05) is 57.0 Å². The van der Waals surface area contributed by atoms with Crippen molar-refractivity contribution in [1.82, 2.24) is 9.21 Å². The quantitative estimate of drug-likeness (QED) is 0.299. The van der Waals surface area contributed by atoms with Gasteiger partial charge < -0.3 is 39.5 Å². The van der Waals surface area contributed by atoms with Crippen LogP contribution in [0.25, 0.3) is 10.8 Å². The first kappa shape index (κ1) is 43.5. The molecule has 2 fully saturated rings. The Morgan fingerprint density at radius 3 is 2.23 bits per heavy atom. The molecule has 0 unspecified atom stereocenters. The number of likely N-dealkylation sites (N-methyl/N-ethyl adjacent to an activating group) is 2. The number of sulfonamides is 1. The standard InChI is InChI=1S/C40H64N2O10S/c1-11-30-21-32(42(10)53(48,49)31-18-17-28-15-13-14-16-29(28)20-31)35(44)39(50-30)52-36-24(4)19-23(3)22-41(9)27(7)37(45)40(8,47)33(12-2)51-38(46)26(6)34(43)25(36)5/h13-18,20,23-27,30,32-37,39,43-45,47H,11-12,19,21-22H2,1-10H3/t23-,24+,25+,26-,27-,30-,32+,33-,34+,35-,36+,37-,39+,40-/m1/s1. The molecule has 0 spiro atoms. The first-order valence-corrected chi connectivity index (χ1v) is 20.6. The number of fused-ring (bicyclic) bond motifs is 1. The van der Waals surface area contributed by atoms with Gasteiger partial charge in [-0.2, -0.15) is 4.31 Å². The van der Waals surface area contributed by atoms with E-state index in [1.54, 1.807) is 39.0 Å². The fraction of sp³-hybridized carbons (Fsp3) is 0.725.